The van der Waals surface area contributed by atoms with Gasteiger partial charge in [-0.1, -0.05) is 23.7 Å². The summed E-state index contributed by atoms with van der Waals surface area (Å²) < 4.78 is 10.8. The van der Waals surface area contributed by atoms with E-state index in [0.29, 0.717) is 23.3 Å². The van der Waals surface area contributed by atoms with Crippen LogP contribution in [0.2, 0.25) is 5.02 Å². The Labute approximate surface area is 162 Å². The molecule has 0 aliphatic carbocycles. The summed E-state index contributed by atoms with van der Waals surface area (Å²) in [5.41, 5.74) is 3.82. The molecule has 0 spiro atoms. The van der Waals surface area contributed by atoms with Gasteiger partial charge in [-0.2, -0.15) is 4.98 Å². The van der Waals surface area contributed by atoms with Gasteiger partial charge in [0.25, 0.3) is 0 Å². The molecule has 1 aliphatic rings. The van der Waals surface area contributed by atoms with Crippen molar-refractivity contribution in [3.8, 4) is 11.5 Å². The maximum atomic E-state index is 6.20. The number of aromatic nitrogens is 2. The molecule has 0 amide bonds. The Balaban J connectivity index is 1.49. The number of rotatable bonds is 5. The van der Waals surface area contributed by atoms with E-state index in [1.807, 2.05) is 56.3 Å². The molecule has 2 N–H and O–H groups in total. The lowest BCUT2D eigenvalue weighted by Crippen LogP contribution is -2.06. The van der Waals surface area contributed by atoms with Gasteiger partial charge in [0.1, 0.15) is 5.82 Å². The van der Waals surface area contributed by atoms with E-state index in [1.54, 1.807) is 0 Å². The first-order valence-electron chi connectivity index (χ1n) is 8.59. The zero-order valence-electron chi connectivity index (χ0n) is 15.0. The minimum atomic E-state index is 0.269. The summed E-state index contributed by atoms with van der Waals surface area (Å²) >= 11 is 6.20. The first-order chi connectivity index (χ1) is 13.1. The third kappa shape index (κ3) is 3.90. The zero-order chi connectivity index (χ0) is 18.8. The Hall–Kier alpha value is -2.99. The molecule has 3 aromatic rings. The predicted octanol–water partition coefficient (Wildman–Crippen LogP) is 4.83. The van der Waals surface area contributed by atoms with Crippen LogP contribution >= 0.6 is 11.6 Å². The Morgan fingerprint density at radius 2 is 1.89 bits per heavy atom. The van der Waals surface area contributed by atoms with E-state index < -0.39 is 0 Å². The number of hydrogen-bond acceptors (Lipinski definition) is 6. The van der Waals surface area contributed by atoms with Crippen LogP contribution in [0.4, 0.5) is 17.5 Å². The van der Waals surface area contributed by atoms with Crippen molar-refractivity contribution in [3.05, 3.63) is 64.3 Å². The van der Waals surface area contributed by atoms with Gasteiger partial charge in [0.15, 0.2) is 11.5 Å². The topological polar surface area (TPSA) is 68.3 Å². The first kappa shape index (κ1) is 17.4. The van der Waals surface area contributed by atoms with E-state index in [9.17, 15) is 0 Å². The van der Waals surface area contributed by atoms with E-state index in [2.05, 4.69) is 20.6 Å². The molecule has 1 aromatic heterocycles. The van der Waals surface area contributed by atoms with Gasteiger partial charge >= 0.3 is 0 Å². The normalized spacial score (nSPS) is 12.1. The maximum Gasteiger partial charge on any atom is 0.231 e. The van der Waals surface area contributed by atoms with Gasteiger partial charge in [-0.15, -0.1) is 0 Å². The van der Waals surface area contributed by atoms with E-state index in [-0.39, 0.29) is 6.79 Å². The molecule has 4 rings (SSSR count). The Morgan fingerprint density at radius 3 is 2.78 bits per heavy atom. The fourth-order valence-electron chi connectivity index (χ4n) is 2.82. The highest BCUT2D eigenvalue weighted by atomic mass is 35.5. The standard InChI is InChI=1S/C20H19ClN4O2/c1-12-8-19(24-16-5-3-4-15(21)13(16)2)25-20(23-12)22-10-14-6-7-17-18(9-14)27-11-26-17/h3-9H,10-11H2,1-2H3,(H2,22,23,24,25). The largest absolute Gasteiger partial charge is 0.454 e. The molecule has 2 aromatic carbocycles. The van der Waals surface area contributed by atoms with E-state index in [0.717, 1.165) is 34.0 Å². The Morgan fingerprint density at radius 1 is 1.04 bits per heavy atom. The highest BCUT2D eigenvalue weighted by molar-refractivity contribution is 6.31. The number of halogens is 1. The van der Waals surface area contributed by atoms with Crippen molar-refractivity contribution < 1.29 is 9.47 Å². The molecule has 0 saturated carbocycles. The number of nitrogens with zero attached hydrogens (tertiary/aromatic N) is 2. The molecular weight excluding hydrogens is 364 g/mol. The summed E-state index contributed by atoms with van der Waals surface area (Å²) in [6, 6.07) is 13.5. The molecule has 0 atom stereocenters. The van der Waals surface area contributed by atoms with Crippen LogP contribution in [-0.4, -0.2) is 16.8 Å². The zero-order valence-corrected chi connectivity index (χ0v) is 15.8. The van der Waals surface area contributed by atoms with Crippen molar-refractivity contribution >= 4 is 29.1 Å². The van der Waals surface area contributed by atoms with Crippen LogP contribution in [0, 0.1) is 13.8 Å². The van der Waals surface area contributed by atoms with E-state index in [4.69, 9.17) is 21.1 Å². The van der Waals surface area contributed by atoms with Gasteiger partial charge in [-0.3, -0.25) is 0 Å². The minimum absolute atomic E-state index is 0.269. The smallest absolute Gasteiger partial charge is 0.231 e. The van der Waals surface area contributed by atoms with Gasteiger partial charge in [0, 0.05) is 29.0 Å². The lowest BCUT2D eigenvalue weighted by molar-refractivity contribution is 0.174. The number of ether oxygens (including phenoxy) is 2. The second kappa shape index (κ2) is 7.32. The molecule has 2 heterocycles. The highest BCUT2D eigenvalue weighted by Gasteiger charge is 2.13. The lowest BCUT2D eigenvalue weighted by atomic mass is 10.2. The van der Waals surface area contributed by atoms with Crippen LogP contribution in [0.1, 0.15) is 16.8 Å². The molecule has 0 bridgehead atoms. The molecule has 0 fully saturated rings. The van der Waals surface area contributed by atoms with Crippen LogP contribution in [0.15, 0.2) is 42.5 Å². The second-order valence-electron chi connectivity index (χ2n) is 6.30. The SMILES string of the molecule is Cc1cc(Nc2cccc(Cl)c2C)nc(NCc2ccc3c(c2)OCO3)n1. The third-order valence-electron chi connectivity index (χ3n) is 4.27. The Bertz CT molecular complexity index is 994. The summed E-state index contributed by atoms with van der Waals surface area (Å²) in [4.78, 5) is 9.01. The maximum absolute atomic E-state index is 6.20. The van der Waals surface area contributed by atoms with E-state index >= 15 is 0 Å². The van der Waals surface area contributed by atoms with Crippen molar-refractivity contribution in [2.75, 3.05) is 17.4 Å². The average molecular weight is 383 g/mol. The van der Waals surface area contributed by atoms with Crippen molar-refractivity contribution in [3.63, 3.8) is 0 Å². The molecule has 27 heavy (non-hydrogen) atoms. The quantitative estimate of drug-likeness (QED) is 0.658. The second-order valence-corrected chi connectivity index (χ2v) is 6.70. The fourth-order valence-corrected chi connectivity index (χ4v) is 3.00. The molecule has 0 saturated heterocycles. The van der Waals surface area contributed by atoms with Gasteiger partial charge in [0.05, 0.1) is 0 Å². The molecule has 0 radical (unpaired) electrons. The number of nitrogens with one attached hydrogen (secondary N) is 2. The monoisotopic (exact) mass is 382 g/mol. The van der Waals surface area contributed by atoms with Gasteiger partial charge in [0.2, 0.25) is 12.7 Å². The van der Waals surface area contributed by atoms with E-state index in [1.165, 1.54) is 0 Å². The Kier molecular flexibility index (Phi) is 4.73. The number of benzene rings is 2. The minimum Gasteiger partial charge on any atom is -0.454 e. The number of aryl methyl sites for hydroxylation is 1. The van der Waals surface area contributed by atoms with Crippen molar-refractivity contribution in [2.24, 2.45) is 0 Å². The average Bonchev–Trinajstić information content (AvgIpc) is 3.11. The molecule has 0 unspecified atom stereocenters. The van der Waals surface area contributed by atoms with Crippen LogP contribution < -0.4 is 20.1 Å². The molecule has 138 valence electrons. The molecular formula is C20H19ClN4O2. The lowest BCUT2D eigenvalue weighted by Gasteiger charge is -2.12. The molecule has 6 nitrogen and oxygen atoms in total. The number of fused-ring (bicyclic) bond motifs is 1. The first-order valence-corrected chi connectivity index (χ1v) is 8.96. The summed E-state index contributed by atoms with van der Waals surface area (Å²) in [6.45, 7) is 4.75. The van der Waals surface area contributed by atoms with Gasteiger partial charge < -0.3 is 20.1 Å². The highest BCUT2D eigenvalue weighted by Crippen LogP contribution is 2.32. The van der Waals surface area contributed by atoms with Gasteiger partial charge in [-0.25, -0.2) is 4.98 Å². The molecule has 1 aliphatic heterocycles. The summed E-state index contributed by atoms with van der Waals surface area (Å²) in [7, 11) is 0. The van der Waals surface area contributed by atoms with Crippen LogP contribution in [0.3, 0.4) is 0 Å². The van der Waals surface area contributed by atoms with Crippen molar-refractivity contribution in [1.82, 2.24) is 9.97 Å². The summed E-state index contributed by atoms with van der Waals surface area (Å²) in [5.74, 6) is 2.79. The van der Waals surface area contributed by atoms with Crippen LogP contribution in [0.5, 0.6) is 11.5 Å². The molecule has 7 heteroatoms. The number of anilines is 3. The summed E-state index contributed by atoms with van der Waals surface area (Å²) in [6.07, 6.45) is 0. The predicted molar refractivity (Wildman–Crippen MR) is 106 cm³/mol. The summed E-state index contributed by atoms with van der Waals surface area (Å²) in [5, 5.41) is 7.29. The third-order valence-corrected chi connectivity index (χ3v) is 4.68. The fraction of sp³-hybridized carbons (Fsp3) is 0.200. The van der Waals surface area contributed by atoms with Crippen molar-refractivity contribution in [2.45, 2.75) is 20.4 Å². The van der Waals surface area contributed by atoms with Crippen molar-refractivity contribution in [1.29, 1.82) is 0 Å². The van der Waals surface area contributed by atoms with Crippen LogP contribution in [0.25, 0.3) is 0 Å². The number of hydrogen-bond donors (Lipinski definition) is 2. The van der Waals surface area contributed by atoms with Gasteiger partial charge in [-0.05, 0) is 49.2 Å². The van der Waals surface area contributed by atoms with Crippen LogP contribution in [-0.2, 0) is 6.54 Å².